The van der Waals surface area contributed by atoms with Gasteiger partial charge in [-0.3, -0.25) is 9.59 Å². The van der Waals surface area contributed by atoms with Crippen molar-refractivity contribution in [1.82, 2.24) is 0 Å². The molecule has 0 saturated carbocycles. The van der Waals surface area contributed by atoms with Gasteiger partial charge in [-0.15, -0.1) is 0 Å². The SMILES string of the molecule is CC(=O)c1ccccc1N(C)C=O. The van der Waals surface area contributed by atoms with Gasteiger partial charge in [0.25, 0.3) is 0 Å². The summed E-state index contributed by atoms with van der Waals surface area (Å²) in [7, 11) is 1.62. The maximum atomic E-state index is 11.1. The molecule has 0 fully saturated rings. The van der Waals surface area contributed by atoms with Crippen molar-refractivity contribution in [2.45, 2.75) is 6.92 Å². The third kappa shape index (κ3) is 1.93. The molecule has 0 aliphatic rings. The smallest absolute Gasteiger partial charge is 0.213 e. The molecule has 0 aromatic heterocycles. The monoisotopic (exact) mass is 177 g/mol. The molecule has 1 amide bonds. The zero-order valence-electron chi connectivity index (χ0n) is 7.65. The van der Waals surface area contributed by atoms with Crippen molar-refractivity contribution in [1.29, 1.82) is 0 Å². The van der Waals surface area contributed by atoms with Crippen LogP contribution in [0.15, 0.2) is 24.3 Å². The lowest BCUT2D eigenvalue weighted by Gasteiger charge is -2.13. The Hall–Kier alpha value is -1.64. The number of anilines is 1. The van der Waals surface area contributed by atoms with Crippen LogP contribution in [0.2, 0.25) is 0 Å². The van der Waals surface area contributed by atoms with E-state index < -0.39 is 0 Å². The van der Waals surface area contributed by atoms with E-state index in [0.29, 0.717) is 17.7 Å². The van der Waals surface area contributed by atoms with Crippen LogP contribution in [0.25, 0.3) is 0 Å². The number of Topliss-reactive ketones (excluding diaryl/α,β-unsaturated/α-hetero) is 1. The lowest BCUT2D eigenvalue weighted by Crippen LogP contribution is -2.16. The molecular weight excluding hydrogens is 166 g/mol. The van der Waals surface area contributed by atoms with Gasteiger partial charge in [-0.05, 0) is 19.1 Å². The van der Waals surface area contributed by atoms with E-state index in [0.717, 1.165) is 0 Å². The molecule has 1 rings (SSSR count). The summed E-state index contributed by atoms with van der Waals surface area (Å²) >= 11 is 0. The van der Waals surface area contributed by atoms with Crippen LogP contribution in [-0.2, 0) is 4.79 Å². The number of ketones is 1. The minimum absolute atomic E-state index is 0.0377. The van der Waals surface area contributed by atoms with Crippen molar-refractivity contribution in [3.05, 3.63) is 29.8 Å². The molecule has 0 unspecified atom stereocenters. The predicted molar refractivity (Wildman–Crippen MR) is 50.9 cm³/mol. The Bertz CT molecular complexity index is 333. The molecule has 0 spiro atoms. The molecule has 1 aromatic carbocycles. The van der Waals surface area contributed by atoms with E-state index in [-0.39, 0.29) is 5.78 Å². The van der Waals surface area contributed by atoms with Crippen LogP contribution in [0.4, 0.5) is 5.69 Å². The molecule has 13 heavy (non-hydrogen) atoms. The summed E-state index contributed by atoms with van der Waals surface area (Å²) in [6.07, 6.45) is 0.682. The highest BCUT2D eigenvalue weighted by Gasteiger charge is 2.08. The van der Waals surface area contributed by atoms with Crippen LogP contribution in [0.1, 0.15) is 17.3 Å². The Balaban J connectivity index is 3.19. The third-order valence-electron chi connectivity index (χ3n) is 1.82. The zero-order valence-corrected chi connectivity index (χ0v) is 7.65. The summed E-state index contributed by atoms with van der Waals surface area (Å²) in [6.45, 7) is 1.48. The van der Waals surface area contributed by atoms with E-state index in [1.807, 2.05) is 0 Å². The van der Waals surface area contributed by atoms with E-state index in [2.05, 4.69) is 0 Å². The van der Waals surface area contributed by atoms with E-state index in [4.69, 9.17) is 0 Å². The normalized spacial score (nSPS) is 9.38. The minimum atomic E-state index is -0.0377. The van der Waals surface area contributed by atoms with Crippen molar-refractivity contribution in [3.63, 3.8) is 0 Å². The Labute approximate surface area is 77.0 Å². The second-order valence-corrected chi connectivity index (χ2v) is 2.79. The van der Waals surface area contributed by atoms with Crippen LogP contribution in [0.3, 0.4) is 0 Å². The summed E-state index contributed by atoms with van der Waals surface area (Å²) < 4.78 is 0. The van der Waals surface area contributed by atoms with Crippen molar-refractivity contribution < 1.29 is 9.59 Å². The first-order chi connectivity index (χ1) is 6.16. The summed E-state index contributed by atoms with van der Waals surface area (Å²) in [6, 6.07) is 7.02. The van der Waals surface area contributed by atoms with Gasteiger partial charge in [0.2, 0.25) is 6.41 Å². The average Bonchev–Trinajstić information content (AvgIpc) is 2.16. The first kappa shape index (κ1) is 9.45. The number of carbonyl (C=O) groups excluding carboxylic acids is 2. The first-order valence-corrected chi connectivity index (χ1v) is 3.95. The van der Waals surface area contributed by atoms with Gasteiger partial charge < -0.3 is 4.90 Å². The van der Waals surface area contributed by atoms with Crippen LogP contribution in [0, 0.1) is 0 Å². The number of hydrogen-bond donors (Lipinski definition) is 0. The zero-order chi connectivity index (χ0) is 9.84. The van der Waals surface area contributed by atoms with Gasteiger partial charge in [-0.25, -0.2) is 0 Å². The molecule has 0 bridgehead atoms. The molecule has 0 aliphatic heterocycles. The lowest BCUT2D eigenvalue weighted by molar-refractivity contribution is -0.107. The Kier molecular flexibility index (Phi) is 2.80. The molecule has 0 radical (unpaired) electrons. The van der Waals surface area contributed by atoms with Gasteiger partial charge in [0.1, 0.15) is 0 Å². The third-order valence-corrected chi connectivity index (χ3v) is 1.82. The summed E-state index contributed by atoms with van der Waals surface area (Å²) in [5.74, 6) is -0.0377. The van der Waals surface area contributed by atoms with Crippen LogP contribution in [0.5, 0.6) is 0 Å². The lowest BCUT2D eigenvalue weighted by atomic mass is 10.1. The van der Waals surface area contributed by atoms with Crippen molar-refractivity contribution in [2.24, 2.45) is 0 Å². The molecule has 68 valence electrons. The molecule has 3 heteroatoms. The molecule has 0 aliphatic carbocycles. The Morgan fingerprint density at radius 3 is 2.54 bits per heavy atom. The summed E-state index contributed by atoms with van der Waals surface area (Å²) in [5, 5.41) is 0. The van der Waals surface area contributed by atoms with Crippen molar-refractivity contribution in [2.75, 3.05) is 11.9 Å². The topological polar surface area (TPSA) is 37.4 Å². The molecule has 0 atom stereocenters. The standard InChI is InChI=1S/C10H11NO2/c1-8(13)9-5-3-4-6-10(9)11(2)7-12/h3-7H,1-2H3. The number of benzene rings is 1. The fraction of sp³-hybridized carbons (Fsp3) is 0.200. The van der Waals surface area contributed by atoms with Gasteiger partial charge >= 0.3 is 0 Å². The average molecular weight is 177 g/mol. The minimum Gasteiger partial charge on any atom is -0.317 e. The van der Waals surface area contributed by atoms with E-state index >= 15 is 0 Å². The largest absolute Gasteiger partial charge is 0.317 e. The van der Waals surface area contributed by atoms with Gasteiger partial charge in [0.05, 0.1) is 5.69 Å². The fourth-order valence-corrected chi connectivity index (χ4v) is 1.14. The van der Waals surface area contributed by atoms with E-state index in [1.165, 1.54) is 11.8 Å². The van der Waals surface area contributed by atoms with Crippen LogP contribution >= 0.6 is 0 Å². The highest BCUT2D eigenvalue weighted by atomic mass is 16.1. The number of amides is 1. The summed E-state index contributed by atoms with van der Waals surface area (Å²) in [5.41, 5.74) is 1.21. The second kappa shape index (κ2) is 3.85. The predicted octanol–water partition coefficient (Wildman–Crippen LogP) is 1.48. The molecule has 0 N–H and O–H groups in total. The quantitative estimate of drug-likeness (QED) is 0.518. The number of nitrogens with zero attached hydrogens (tertiary/aromatic N) is 1. The molecular formula is C10H11NO2. The Morgan fingerprint density at radius 2 is 2.00 bits per heavy atom. The Morgan fingerprint density at radius 1 is 1.38 bits per heavy atom. The van der Waals surface area contributed by atoms with Gasteiger partial charge in [0, 0.05) is 12.6 Å². The number of rotatable bonds is 3. The fourth-order valence-electron chi connectivity index (χ4n) is 1.14. The molecule has 1 aromatic rings. The van der Waals surface area contributed by atoms with Gasteiger partial charge in [0.15, 0.2) is 5.78 Å². The van der Waals surface area contributed by atoms with Gasteiger partial charge in [-0.2, -0.15) is 0 Å². The number of para-hydroxylation sites is 1. The summed E-state index contributed by atoms with van der Waals surface area (Å²) in [4.78, 5) is 23.0. The van der Waals surface area contributed by atoms with Crippen LogP contribution in [-0.4, -0.2) is 19.2 Å². The second-order valence-electron chi connectivity index (χ2n) is 2.79. The first-order valence-electron chi connectivity index (χ1n) is 3.95. The van der Waals surface area contributed by atoms with Crippen LogP contribution < -0.4 is 4.90 Å². The highest BCUT2D eigenvalue weighted by molar-refractivity contribution is 6.01. The maximum absolute atomic E-state index is 11.1. The molecule has 0 saturated heterocycles. The van der Waals surface area contributed by atoms with Gasteiger partial charge in [-0.1, -0.05) is 12.1 Å². The highest BCUT2D eigenvalue weighted by Crippen LogP contribution is 2.17. The van der Waals surface area contributed by atoms with E-state index in [9.17, 15) is 9.59 Å². The molecule has 0 heterocycles. The maximum Gasteiger partial charge on any atom is 0.213 e. The number of hydrogen-bond acceptors (Lipinski definition) is 2. The number of carbonyl (C=O) groups is 2. The molecule has 3 nitrogen and oxygen atoms in total. The van der Waals surface area contributed by atoms with Crippen molar-refractivity contribution in [3.8, 4) is 0 Å². The van der Waals surface area contributed by atoms with Crippen molar-refractivity contribution >= 4 is 17.9 Å². The van der Waals surface area contributed by atoms with E-state index in [1.54, 1.807) is 31.3 Å².